The molecule has 1 aromatic carbocycles. The summed E-state index contributed by atoms with van der Waals surface area (Å²) in [5, 5.41) is 10.5. The molecule has 0 amide bonds. The van der Waals surface area contributed by atoms with Crippen molar-refractivity contribution in [2.75, 3.05) is 85.7 Å². The molecule has 1 N–H and O–H groups in total. The molecule has 27 heavy (non-hydrogen) atoms. The molecule has 2 rings (SSSR count). The summed E-state index contributed by atoms with van der Waals surface area (Å²) in [6, 6.07) is 9.71. The standard InChI is InChI=1S/C20H33NO6/c22-20(19-4-2-1-3-5-19)18-21-6-8-23-10-12-25-14-16-27-17-15-26-13-11-24-9-7-21/h1-5,20,22H,6-18H2. The molecule has 1 aliphatic heterocycles. The molecule has 1 unspecified atom stereocenters. The van der Waals surface area contributed by atoms with E-state index in [1.165, 1.54) is 0 Å². The van der Waals surface area contributed by atoms with E-state index in [1.54, 1.807) is 0 Å². The van der Waals surface area contributed by atoms with Crippen molar-refractivity contribution in [3.05, 3.63) is 35.9 Å². The maximum Gasteiger partial charge on any atom is 0.0916 e. The fourth-order valence-electron chi connectivity index (χ4n) is 2.69. The van der Waals surface area contributed by atoms with Crippen LogP contribution in [0, 0.1) is 0 Å². The number of nitrogens with zero attached hydrogens (tertiary/aromatic N) is 1. The van der Waals surface area contributed by atoms with Gasteiger partial charge in [-0.25, -0.2) is 0 Å². The van der Waals surface area contributed by atoms with Crippen LogP contribution in [0.1, 0.15) is 11.7 Å². The quantitative estimate of drug-likeness (QED) is 0.839. The van der Waals surface area contributed by atoms with Crippen molar-refractivity contribution < 1.29 is 28.8 Å². The maximum atomic E-state index is 10.5. The van der Waals surface area contributed by atoms with Crippen molar-refractivity contribution in [3.8, 4) is 0 Å². The Kier molecular flexibility index (Phi) is 12.3. The molecule has 1 atom stereocenters. The minimum absolute atomic E-state index is 0.532. The van der Waals surface area contributed by atoms with E-state index in [1.807, 2.05) is 30.3 Å². The maximum absolute atomic E-state index is 10.5. The summed E-state index contributed by atoms with van der Waals surface area (Å²) in [6.45, 7) is 7.62. The lowest BCUT2D eigenvalue weighted by molar-refractivity contribution is -0.0209. The van der Waals surface area contributed by atoms with Gasteiger partial charge in [0.25, 0.3) is 0 Å². The summed E-state index contributed by atoms with van der Waals surface area (Å²) in [5.41, 5.74) is 0.919. The predicted octanol–water partition coefficient (Wildman–Crippen LogP) is 1.12. The van der Waals surface area contributed by atoms with E-state index in [0.717, 1.165) is 18.7 Å². The lowest BCUT2D eigenvalue weighted by atomic mass is 10.1. The van der Waals surface area contributed by atoms with Crippen LogP contribution in [0.5, 0.6) is 0 Å². The molecule has 0 radical (unpaired) electrons. The zero-order valence-electron chi connectivity index (χ0n) is 16.1. The van der Waals surface area contributed by atoms with Crippen molar-refractivity contribution in [2.45, 2.75) is 6.10 Å². The predicted molar refractivity (Wildman–Crippen MR) is 102 cm³/mol. The number of hydrogen-bond acceptors (Lipinski definition) is 7. The van der Waals surface area contributed by atoms with Gasteiger partial charge in [-0.1, -0.05) is 30.3 Å². The zero-order valence-corrected chi connectivity index (χ0v) is 16.1. The normalized spacial score (nSPS) is 21.8. The molecule has 1 aromatic rings. The molecular weight excluding hydrogens is 350 g/mol. The van der Waals surface area contributed by atoms with Gasteiger partial charge < -0.3 is 28.8 Å². The van der Waals surface area contributed by atoms with Gasteiger partial charge in [-0.15, -0.1) is 0 Å². The van der Waals surface area contributed by atoms with Gasteiger partial charge in [0.2, 0.25) is 0 Å². The van der Waals surface area contributed by atoms with Gasteiger partial charge in [0.1, 0.15) is 0 Å². The fraction of sp³-hybridized carbons (Fsp3) is 0.700. The number of aliphatic hydroxyl groups is 1. The highest BCUT2D eigenvalue weighted by Crippen LogP contribution is 2.13. The van der Waals surface area contributed by atoms with E-state index in [0.29, 0.717) is 72.6 Å². The SMILES string of the molecule is OC(CN1CCOCCOCCOCCOCCOCC1)c1ccccc1. The number of benzene rings is 1. The van der Waals surface area contributed by atoms with E-state index in [2.05, 4.69) is 4.90 Å². The lowest BCUT2D eigenvalue weighted by Gasteiger charge is -2.25. The summed E-state index contributed by atoms with van der Waals surface area (Å²) < 4.78 is 27.6. The second kappa shape index (κ2) is 14.9. The van der Waals surface area contributed by atoms with Crippen LogP contribution in [0.2, 0.25) is 0 Å². The summed E-state index contributed by atoms with van der Waals surface area (Å²) >= 11 is 0. The first-order chi connectivity index (χ1) is 13.4. The van der Waals surface area contributed by atoms with Gasteiger partial charge in [-0.3, -0.25) is 4.90 Å². The molecule has 7 nitrogen and oxygen atoms in total. The molecule has 1 fully saturated rings. The van der Waals surface area contributed by atoms with Crippen LogP contribution in [0.25, 0.3) is 0 Å². The van der Waals surface area contributed by atoms with Gasteiger partial charge >= 0.3 is 0 Å². The Morgan fingerprint density at radius 2 is 1.07 bits per heavy atom. The Morgan fingerprint density at radius 3 is 1.52 bits per heavy atom. The third-order valence-electron chi connectivity index (χ3n) is 4.21. The van der Waals surface area contributed by atoms with Crippen LogP contribution in [-0.2, 0) is 23.7 Å². The average molecular weight is 383 g/mol. The highest BCUT2D eigenvalue weighted by Gasteiger charge is 2.13. The van der Waals surface area contributed by atoms with Crippen molar-refractivity contribution in [1.82, 2.24) is 4.90 Å². The van der Waals surface area contributed by atoms with Crippen LogP contribution in [0.3, 0.4) is 0 Å². The lowest BCUT2D eigenvalue weighted by Crippen LogP contribution is -2.35. The first kappa shape index (κ1) is 22.2. The molecule has 0 saturated carbocycles. The second-order valence-electron chi connectivity index (χ2n) is 6.29. The van der Waals surface area contributed by atoms with Crippen molar-refractivity contribution in [1.29, 1.82) is 0 Å². The van der Waals surface area contributed by atoms with Crippen LogP contribution in [0.15, 0.2) is 30.3 Å². The smallest absolute Gasteiger partial charge is 0.0916 e. The number of hydrogen-bond donors (Lipinski definition) is 1. The van der Waals surface area contributed by atoms with Gasteiger partial charge in [0.05, 0.1) is 72.2 Å². The monoisotopic (exact) mass is 383 g/mol. The molecule has 7 heteroatoms. The Morgan fingerprint density at radius 1 is 0.667 bits per heavy atom. The third-order valence-corrected chi connectivity index (χ3v) is 4.21. The van der Waals surface area contributed by atoms with E-state index in [-0.39, 0.29) is 0 Å². The van der Waals surface area contributed by atoms with Crippen LogP contribution in [0.4, 0.5) is 0 Å². The Labute approximate surface area is 162 Å². The number of β-amino-alcohol motifs (C(OH)–C–C–N with tert-alkyl or cyclic N) is 1. The number of ether oxygens (including phenoxy) is 5. The fourth-order valence-corrected chi connectivity index (χ4v) is 2.69. The molecule has 1 heterocycles. The van der Waals surface area contributed by atoms with Crippen LogP contribution in [-0.4, -0.2) is 95.7 Å². The Bertz CT molecular complexity index is 443. The first-order valence-electron chi connectivity index (χ1n) is 9.70. The highest BCUT2D eigenvalue weighted by molar-refractivity contribution is 5.17. The molecule has 0 aliphatic carbocycles. The summed E-state index contributed by atoms with van der Waals surface area (Å²) in [4.78, 5) is 2.16. The molecule has 0 bridgehead atoms. The van der Waals surface area contributed by atoms with Crippen LogP contribution >= 0.6 is 0 Å². The number of aliphatic hydroxyl groups excluding tert-OH is 1. The molecule has 0 aromatic heterocycles. The Hall–Kier alpha value is -1.06. The largest absolute Gasteiger partial charge is 0.387 e. The summed E-state index contributed by atoms with van der Waals surface area (Å²) in [5.74, 6) is 0. The summed E-state index contributed by atoms with van der Waals surface area (Å²) in [6.07, 6.45) is -0.532. The molecule has 1 aliphatic rings. The third kappa shape index (κ3) is 10.8. The van der Waals surface area contributed by atoms with Gasteiger partial charge in [-0.05, 0) is 5.56 Å². The topological polar surface area (TPSA) is 69.6 Å². The Balaban J connectivity index is 1.76. The molecular formula is C20H33NO6. The zero-order chi connectivity index (χ0) is 19.0. The van der Waals surface area contributed by atoms with Gasteiger partial charge in [0, 0.05) is 19.6 Å². The van der Waals surface area contributed by atoms with Crippen LogP contribution < -0.4 is 0 Å². The van der Waals surface area contributed by atoms with Crippen molar-refractivity contribution >= 4 is 0 Å². The first-order valence-corrected chi connectivity index (χ1v) is 9.70. The minimum atomic E-state index is -0.532. The molecule has 0 spiro atoms. The second-order valence-corrected chi connectivity index (χ2v) is 6.29. The van der Waals surface area contributed by atoms with E-state index in [4.69, 9.17) is 23.7 Å². The summed E-state index contributed by atoms with van der Waals surface area (Å²) in [7, 11) is 0. The minimum Gasteiger partial charge on any atom is -0.387 e. The van der Waals surface area contributed by atoms with Gasteiger partial charge in [0.15, 0.2) is 0 Å². The van der Waals surface area contributed by atoms with E-state index < -0.39 is 6.10 Å². The van der Waals surface area contributed by atoms with E-state index >= 15 is 0 Å². The average Bonchev–Trinajstić information content (AvgIpc) is 2.70. The van der Waals surface area contributed by atoms with Crippen molar-refractivity contribution in [3.63, 3.8) is 0 Å². The molecule has 1 saturated heterocycles. The van der Waals surface area contributed by atoms with Crippen molar-refractivity contribution in [2.24, 2.45) is 0 Å². The number of rotatable bonds is 3. The van der Waals surface area contributed by atoms with E-state index in [9.17, 15) is 5.11 Å². The molecule has 154 valence electrons. The van der Waals surface area contributed by atoms with Gasteiger partial charge in [-0.2, -0.15) is 0 Å². The highest BCUT2D eigenvalue weighted by atomic mass is 16.6.